The second-order valence-corrected chi connectivity index (χ2v) is 7.54. The van der Waals surface area contributed by atoms with Crippen molar-refractivity contribution in [3.63, 3.8) is 0 Å². The van der Waals surface area contributed by atoms with Gasteiger partial charge < -0.3 is 4.74 Å². The Morgan fingerprint density at radius 2 is 1.81 bits per heavy atom. The van der Waals surface area contributed by atoms with Gasteiger partial charge in [0.15, 0.2) is 0 Å². The van der Waals surface area contributed by atoms with Crippen molar-refractivity contribution in [2.24, 2.45) is 5.10 Å². The Hall–Kier alpha value is -2.57. The van der Waals surface area contributed by atoms with Gasteiger partial charge in [0.25, 0.3) is 10.0 Å². The highest BCUT2D eigenvalue weighted by molar-refractivity contribution is 7.89. The van der Waals surface area contributed by atoms with Crippen molar-refractivity contribution >= 4 is 38.6 Å². The average Bonchev–Trinajstić information content (AvgIpc) is 2.63. The Morgan fingerprint density at radius 3 is 2.54 bits per heavy atom. The predicted octanol–water partition coefficient (Wildman–Crippen LogP) is 4.20. The number of halogens is 1. The van der Waals surface area contributed by atoms with Crippen LogP contribution in [0.25, 0.3) is 10.8 Å². The summed E-state index contributed by atoms with van der Waals surface area (Å²) in [6.45, 7) is 2.38. The highest BCUT2D eigenvalue weighted by Crippen LogP contribution is 2.26. The number of hydrazone groups is 1. The first-order valence-corrected chi connectivity index (χ1v) is 9.82. The summed E-state index contributed by atoms with van der Waals surface area (Å²) < 4.78 is 30.3. The highest BCUT2D eigenvalue weighted by atomic mass is 35.5. The van der Waals surface area contributed by atoms with Crippen LogP contribution >= 0.6 is 11.6 Å². The number of hydrogen-bond acceptors (Lipinski definition) is 4. The van der Waals surface area contributed by atoms with Gasteiger partial charge in [-0.15, -0.1) is 0 Å². The van der Waals surface area contributed by atoms with E-state index in [2.05, 4.69) is 9.93 Å². The lowest BCUT2D eigenvalue weighted by Gasteiger charge is -2.10. The molecule has 3 rings (SSSR count). The molecular formula is C19H17ClN2O3S. The second kappa shape index (κ2) is 7.76. The van der Waals surface area contributed by atoms with Crippen LogP contribution in [0.5, 0.6) is 5.75 Å². The number of benzene rings is 3. The van der Waals surface area contributed by atoms with Crippen molar-refractivity contribution in [2.75, 3.05) is 6.61 Å². The molecule has 0 amide bonds. The van der Waals surface area contributed by atoms with Gasteiger partial charge in [-0.05, 0) is 48.0 Å². The maximum Gasteiger partial charge on any atom is 0.276 e. The summed E-state index contributed by atoms with van der Waals surface area (Å²) in [5.41, 5.74) is 0.712. The summed E-state index contributed by atoms with van der Waals surface area (Å²) in [6.07, 6.45) is 1.46. The molecule has 0 saturated heterocycles. The predicted molar refractivity (Wildman–Crippen MR) is 104 cm³/mol. The van der Waals surface area contributed by atoms with Gasteiger partial charge in [-0.1, -0.05) is 41.9 Å². The third-order valence-corrected chi connectivity index (χ3v) is 5.21. The summed E-state index contributed by atoms with van der Waals surface area (Å²) in [4.78, 5) is 2.31. The van der Waals surface area contributed by atoms with E-state index in [0.717, 1.165) is 10.8 Å². The fourth-order valence-corrected chi connectivity index (χ4v) is 3.43. The van der Waals surface area contributed by atoms with E-state index in [-0.39, 0.29) is 4.90 Å². The Balaban J connectivity index is 1.92. The molecular weight excluding hydrogens is 372 g/mol. The van der Waals surface area contributed by atoms with Gasteiger partial charge in [-0.25, -0.2) is 4.83 Å². The van der Waals surface area contributed by atoms with Crippen LogP contribution in [-0.2, 0) is 10.0 Å². The quantitative estimate of drug-likeness (QED) is 0.508. The van der Waals surface area contributed by atoms with E-state index >= 15 is 0 Å². The molecule has 1 N–H and O–H groups in total. The van der Waals surface area contributed by atoms with Crippen molar-refractivity contribution in [3.05, 3.63) is 71.2 Å². The molecule has 0 aliphatic rings. The van der Waals surface area contributed by atoms with E-state index in [0.29, 0.717) is 22.9 Å². The molecule has 0 unspecified atom stereocenters. The number of nitrogens with zero attached hydrogens (tertiary/aromatic N) is 1. The van der Waals surface area contributed by atoms with Crippen LogP contribution in [0.4, 0.5) is 0 Å². The van der Waals surface area contributed by atoms with Gasteiger partial charge in [0.1, 0.15) is 5.75 Å². The second-order valence-electron chi connectivity index (χ2n) is 5.44. The molecule has 26 heavy (non-hydrogen) atoms. The molecule has 0 radical (unpaired) electrons. The van der Waals surface area contributed by atoms with E-state index < -0.39 is 10.0 Å². The number of ether oxygens (including phenoxy) is 1. The molecule has 0 aliphatic carbocycles. The first kappa shape index (κ1) is 18.2. The van der Waals surface area contributed by atoms with Crippen LogP contribution in [0.1, 0.15) is 12.5 Å². The Morgan fingerprint density at radius 1 is 1.08 bits per heavy atom. The smallest absolute Gasteiger partial charge is 0.276 e. The van der Waals surface area contributed by atoms with Crippen molar-refractivity contribution in [3.8, 4) is 5.75 Å². The van der Waals surface area contributed by atoms with Crippen molar-refractivity contribution in [1.82, 2.24) is 4.83 Å². The molecule has 0 atom stereocenters. The zero-order chi connectivity index (χ0) is 18.6. The van der Waals surface area contributed by atoms with E-state index in [1.54, 1.807) is 0 Å². The van der Waals surface area contributed by atoms with Gasteiger partial charge in [0, 0.05) is 10.6 Å². The van der Waals surface area contributed by atoms with Crippen LogP contribution in [0.2, 0.25) is 5.02 Å². The lowest BCUT2D eigenvalue weighted by molar-refractivity contribution is 0.340. The Bertz CT molecular complexity index is 1050. The summed E-state index contributed by atoms with van der Waals surface area (Å²) >= 11 is 5.79. The van der Waals surface area contributed by atoms with Gasteiger partial charge in [0.2, 0.25) is 0 Å². The van der Waals surface area contributed by atoms with Gasteiger partial charge in [-0.2, -0.15) is 13.5 Å². The van der Waals surface area contributed by atoms with Gasteiger partial charge >= 0.3 is 0 Å². The third kappa shape index (κ3) is 3.98. The maximum absolute atomic E-state index is 12.3. The zero-order valence-corrected chi connectivity index (χ0v) is 15.6. The highest BCUT2D eigenvalue weighted by Gasteiger charge is 2.13. The molecule has 0 aliphatic heterocycles. The van der Waals surface area contributed by atoms with Crippen LogP contribution in [0, 0.1) is 0 Å². The lowest BCUT2D eigenvalue weighted by atomic mass is 10.0. The van der Waals surface area contributed by atoms with Gasteiger partial charge in [-0.3, -0.25) is 0 Å². The summed E-state index contributed by atoms with van der Waals surface area (Å²) in [5.74, 6) is 0.639. The van der Waals surface area contributed by atoms with Crippen molar-refractivity contribution in [1.29, 1.82) is 0 Å². The fourth-order valence-electron chi connectivity index (χ4n) is 2.52. The SMILES string of the molecule is CCOc1ccc2ccccc2c1/C=N/NS(=O)(=O)c1ccc(Cl)cc1. The van der Waals surface area contributed by atoms with Crippen LogP contribution in [-0.4, -0.2) is 21.2 Å². The summed E-state index contributed by atoms with van der Waals surface area (Å²) in [5, 5.41) is 6.33. The molecule has 7 heteroatoms. The first-order valence-electron chi connectivity index (χ1n) is 7.96. The molecule has 0 aromatic heterocycles. The van der Waals surface area contributed by atoms with Crippen LogP contribution < -0.4 is 9.57 Å². The molecule has 134 valence electrons. The standard InChI is InChI=1S/C19H17ClN2O3S/c1-2-25-19-12-7-14-5-3-4-6-17(14)18(19)13-21-22-26(23,24)16-10-8-15(20)9-11-16/h3-13,22H,2H2,1H3/b21-13+. The van der Waals surface area contributed by atoms with E-state index in [1.165, 1.54) is 30.5 Å². The maximum atomic E-state index is 12.3. The zero-order valence-electron chi connectivity index (χ0n) is 14.0. The van der Waals surface area contributed by atoms with Crippen molar-refractivity contribution < 1.29 is 13.2 Å². The molecule has 0 saturated carbocycles. The minimum atomic E-state index is -3.77. The van der Waals surface area contributed by atoms with E-state index in [1.807, 2.05) is 43.3 Å². The average molecular weight is 389 g/mol. The molecule has 3 aromatic carbocycles. The molecule has 5 nitrogen and oxygen atoms in total. The minimum absolute atomic E-state index is 0.0852. The molecule has 0 fully saturated rings. The Kier molecular flexibility index (Phi) is 5.44. The van der Waals surface area contributed by atoms with E-state index in [9.17, 15) is 8.42 Å². The topological polar surface area (TPSA) is 67.8 Å². The summed E-state index contributed by atoms with van der Waals surface area (Å²) in [6, 6.07) is 17.4. The van der Waals surface area contributed by atoms with Crippen LogP contribution in [0.15, 0.2) is 70.7 Å². The molecule has 0 heterocycles. The van der Waals surface area contributed by atoms with Crippen LogP contribution in [0.3, 0.4) is 0 Å². The molecule has 0 spiro atoms. The largest absolute Gasteiger partial charge is 0.493 e. The monoisotopic (exact) mass is 388 g/mol. The number of sulfonamides is 1. The third-order valence-electron chi connectivity index (χ3n) is 3.72. The summed E-state index contributed by atoms with van der Waals surface area (Å²) in [7, 11) is -3.77. The first-order chi connectivity index (χ1) is 12.5. The molecule has 0 bridgehead atoms. The van der Waals surface area contributed by atoms with Gasteiger partial charge in [0.05, 0.1) is 17.7 Å². The fraction of sp³-hybridized carbons (Fsp3) is 0.105. The van der Waals surface area contributed by atoms with Crippen molar-refractivity contribution in [2.45, 2.75) is 11.8 Å². The number of hydrogen-bond donors (Lipinski definition) is 1. The lowest BCUT2D eigenvalue weighted by Crippen LogP contribution is -2.18. The van der Waals surface area contributed by atoms with E-state index in [4.69, 9.17) is 16.3 Å². The normalized spacial score (nSPS) is 11.8. The molecule has 3 aromatic rings. The number of rotatable bonds is 6. The number of nitrogens with one attached hydrogen (secondary N) is 1. The Labute approximate surface area is 157 Å². The minimum Gasteiger partial charge on any atom is -0.493 e. The number of fused-ring (bicyclic) bond motifs is 1.